The first kappa shape index (κ1) is 17.2. The van der Waals surface area contributed by atoms with E-state index < -0.39 is 5.97 Å². The summed E-state index contributed by atoms with van der Waals surface area (Å²) >= 11 is 0. The van der Waals surface area contributed by atoms with Crippen LogP contribution in [0.2, 0.25) is 0 Å². The maximum absolute atomic E-state index is 11.8. The van der Waals surface area contributed by atoms with E-state index in [0.29, 0.717) is 17.1 Å². The molecule has 0 fully saturated rings. The minimum atomic E-state index is -0.439. The quantitative estimate of drug-likeness (QED) is 0.539. The highest BCUT2D eigenvalue weighted by Crippen LogP contribution is 2.23. The maximum Gasteiger partial charge on any atom is 0.338 e. The van der Waals surface area contributed by atoms with E-state index >= 15 is 0 Å². The topological polar surface area (TPSA) is 61.3 Å². The highest BCUT2D eigenvalue weighted by Gasteiger charge is 2.11. The Bertz CT molecular complexity index is 972. The molecule has 0 radical (unpaired) electrons. The van der Waals surface area contributed by atoms with E-state index in [1.54, 1.807) is 24.5 Å². The number of rotatable bonds is 3. The van der Waals surface area contributed by atoms with Crippen molar-refractivity contribution in [2.45, 2.75) is 0 Å². The van der Waals surface area contributed by atoms with Gasteiger partial charge in [-0.05, 0) is 30.3 Å². The third-order valence-electron chi connectivity index (χ3n) is 3.63. The fourth-order valence-corrected chi connectivity index (χ4v) is 2.30. The Balaban J connectivity index is 1.89. The van der Waals surface area contributed by atoms with Crippen LogP contribution in [0, 0.1) is 11.8 Å². The highest BCUT2D eigenvalue weighted by atomic mass is 16.5. The number of carbonyl (C=O) groups excluding carboxylic acids is 1. The van der Waals surface area contributed by atoms with Crippen molar-refractivity contribution in [3.8, 4) is 29.0 Å². The minimum Gasteiger partial charge on any atom is -0.481 e. The van der Waals surface area contributed by atoms with Gasteiger partial charge in [-0.25, -0.2) is 9.78 Å². The molecule has 0 saturated heterocycles. The first-order chi connectivity index (χ1) is 12.7. The van der Waals surface area contributed by atoms with E-state index in [1.807, 2.05) is 36.4 Å². The first-order valence-electron chi connectivity index (χ1n) is 7.86. The normalized spacial score (nSPS) is 9.77. The Labute approximate surface area is 151 Å². The van der Waals surface area contributed by atoms with Crippen LogP contribution in [0.1, 0.15) is 21.5 Å². The number of pyridine rings is 2. The van der Waals surface area contributed by atoms with Gasteiger partial charge < -0.3 is 9.47 Å². The van der Waals surface area contributed by atoms with Gasteiger partial charge in [-0.1, -0.05) is 24.0 Å². The molecule has 3 aromatic rings. The predicted molar refractivity (Wildman–Crippen MR) is 97.8 cm³/mol. The van der Waals surface area contributed by atoms with E-state index in [-0.39, 0.29) is 0 Å². The predicted octanol–water partition coefficient (Wildman–Crippen LogP) is 3.34. The van der Waals surface area contributed by atoms with Crippen LogP contribution < -0.4 is 4.74 Å². The Morgan fingerprint density at radius 2 is 1.77 bits per heavy atom. The summed E-state index contributed by atoms with van der Waals surface area (Å²) in [6.07, 6.45) is 3.43. The average molecular weight is 344 g/mol. The van der Waals surface area contributed by atoms with Gasteiger partial charge in [0.15, 0.2) is 0 Å². The smallest absolute Gasteiger partial charge is 0.338 e. The van der Waals surface area contributed by atoms with E-state index in [0.717, 1.165) is 16.7 Å². The number of hydrogen-bond donors (Lipinski definition) is 0. The lowest BCUT2D eigenvalue weighted by Crippen LogP contribution is -2.03. The number of benzene rings is 1. The molecule has 2 aromatic heterocycles. The van der Waals surface area contributed by atoms with Gasteiger partial charge in [0.05, 0.1) is 25.5 Å². The molecule has 3 rings (SSSR count). The van der Waals surface area contributed by atoms with Crippen LogP contribution in [0.3, 0.4) is 0 Å². The second-order valence-corrected chi connectivity index (χ2v) is 5.34. The molecule has 128 valence electrons. The molecule has 0 N–H and O–H groups in total. The largest absolute Gasteiger partial charge is 0.481 e. The van der Waals surface area contributed by atoms with Crippen LogP contribution in [-0.2, 0) is 4.74 Å². The third-order valence-corrected chi connectivity index (χ3v) is 3.63. The zero-order chi connectivity index (χ0) is 18.4. The fourth-order valence-electron chi connectivity index (χ4n) is 2.30. The summed E-state index contributed by atoms with van der Waals surface area (Å²) in [6, 6.07) is 14.6. The van der Waals surface area contributed by atoms with E-state index in [1.165, 1.54) is 14.2 Å². The van der Waals surface area contributed by atoms with Crippen molar-refractivity contribution in [1.82, 2.24) is 9.97 Å². The van der Waals surface area contributed by atoms with Crippen molar-refractivity contribution in [2.24, 2.45) is 0 Å². The fraction of sp³-hybridized carbons (Fsp3) is 0.0952. The number of esters is 1. The molecule has 1 aromatic carbocycles. The maximum atomic E-state index is 11.8. The number of ether oxygens (including phenoxy) is 2. The van der Waals surface area contributed by atoms with Crippen molar-refractivity contribution < 1.29 is 14.3 Å². The number of carbonyl (C=O) groups is 1. The van der Waals surface area contributed by atoms with Gasteiger partial charge in [0, 0.05) is 35.2 Å². The van der Waals surface area contributed by atoms with E-state index in [2.05, 4.69) is 21.8 Å². The monoisotopic (exact) mass is 344 g/mol. The Hall–Kier alpha value is -3.65. The summed E-state index contributed by atoms with van der Waals surface area (Å²) in [5, 5.41) is 0. The van der Waals surface area contributed by atoms with Crippen molar-refractivity contribution in [1.29, 1.82) is 0 Å². The molecule has 0 aliphatic rings. The molecule has 0 aliphatic heterocycles. The number of nitrogens with zero attached hydrogens (tertiary/aromatic N) is 2. The molecule has 0 atom stereocenters. The molecule has 0 aliphatic carbocycles. The van der Waals surface area contributed by atoms with Crippen molar-refractivity contribution >= 4 is 5.97 Å². The lowest BCUT2D eigenvalue weighted by Gasteiger charge is -2.07. The molecule has 26 heavy (non-hydrogen) atoms. The summed E-state index contributed by atoms with van der Waals surface area (Å²) in [5.41, 5.74) is 3.58. The van der Waals surface area contributed by atoms with Crippen LogP contribution in [-0.4, -0.2) is 30.2 Å². The van der Waals surface area contributed by atoms with E-state index in [4.69, 9.17) is 9.47 Å². The third kappa shape index (κ3) is 4.05. The van der Waals surface area contributed by atoms with Gasteiger partial charge >= 0.3 is 5.97 Å². The summed E-state index contributed by atoms with van der Waals surface area (Å²) in [6.45, 7) is 0. The minimum absolute atomic E-state index is 0.350. The molecule has 5 nitrogen and oxygen atoms in total. The molecule has 0 saturated carbocycles. The SMILES string of the molecule is COC(=O)c1cc(OC)nc(-c2ccc(C#Cc3cccnc3)cc2)c1. The summed E-state index contributed by atoms with van der Waals surface area (Å²) in [7, 11) is 2.84. The Morgan fingerprint density at radius 3 is 2.42 bits per heavy atom. The van der Waals surface area contributed by atoms with Gasteiger partial charge in [-0.3, -0.25) is 4.98 Å². The van der Waals surface area contributed by atoms with Crippen LogP contribution >= 0.6 is 0 Å². The van der Waals surface area contributed by atoms with Gasteiger partial charge in [0.2, 0.25) is 5.88 Å². The standard InChI is InChI=1S/C21H16N2O3/c1-25-20-13-18(21(24)26-2)12-19(23-20)17-9-7-15(8-10-17)5-6-16-4-3-11-22-14-16/h3-4,7-14H,1-2H3. The number of methoxy groups -OCH3 is 2. The van der Waals surface area contributed by atoms with E-state index in [9.17, 15) is 4.79 Å². The van der Waals surface area contributed by atoms with Crippen molar-refractivity contribution in [3.63, 3.8) is 0 Å². The average Bonchev–Trinajstić information content (AvgIpc) is 2.72. The number of aromatic nitrogens is 2. The molecular formula is C21H16N2O3. The first-order valence-corrected chi connectivity index (χ1v) is 7.86. The van der Waals surface area contributed by atoms with Crippen LogP contribution in [0.4, 0.5) is 0 Å². The Kier molecular flexibility index (Phi) is 5.25. The van der Waals surface area contributed by atoms with Crippen molar-refractivity contribution in [3.05, 3.63) is 77.6 Å². The van der Waals surface area contributed by atoms with Crippen LogP contribution in [0.25, 0.3) is 11.3 Å². The lowest BCUT2D eigenvalue weighted by atomic mass is 10.1. The van der Waals surface area contributed by atoms with Gasteiger partial charge in [0.25, 0.3) is 0 Å². The zero-order valence-electron chi connectivity index (χ0n) is 14.4. The summed E-state index contributed by atoms with van der Waals surface area (Å²) < 4.78 is 9.95. The molecule has 0 spiro atoms. The lowest BCUT2D eigenvalue weighted by molar-refractivity contribution is 0.0600. The Morgan fingerprint density at radius 1 is 1.00 bits per heavy atom. The van der Waals surface area contributed by atoms with Crippen LogP contribution in [0.5, 0.6) is 5.88 Å². The van der Waals surface area contributed by atoms with Gasteiger partial charge in [-0.15, -0.1) is 0 Å². The van der Waals surface area contributed by atoms with Crippen molar-refractivity contribution in [2.75, 3.05) is 14.2 Å². The molecular weight excluding hydrogens is 328 g/mol. The second-order valence-electron chi connectivity index (χ2n) is 5.34. The zero-order valence-corrected chi connectivity index (χ0v) is 14.4. The molecule has 2 heterocycles. The van der Waals surface area contributed by atoms with Gasteiger partial charge in [-0.2, -0.15) is 0 Å². The summed E-state index contributed by atoms with van der Waals surface area (Å²) in [5.74, 6) is 6.06. The molecule has 0 unspecified atom stereocenters. The van der Waals surface area contributed by atoms with Crippen LogP contribution in [0.15, 0.2) is 60.9 Å². The summed E-state index contributed by atoms with van der Waals surface area (Å²) in [4.78, 5) is 20.2. The second kappa shape index (κ2) is 7.95. The molecule has 5 heteroatoms. The van der Waals surface area contributed by atoms with Gasteiger partial charge in [0.1, 0.15) is 0 Å². The molecule has 0 amide bonds. The highest BCUT2D eigenvalue weighted by molar-refractivity contribution is 5.91. The number of hydrogen-bond acceptors (Lipinski definition) is 5. The molecule has 0 bridgehead atoms.